The third kappa shape index (κ3) is 2.10. The number of benzene rings is 2. The van der Waals surface area contributed by atoms with Gasteiger partial charge in [-0.2, -0.15) is 0 Å². The first-order chi connectivity index (χ1) is 10.3. The fraction of sp³-hybridized carbons (Fsp3) is 0. The molecule has 0 fully saturated rings. The Morgan fingerprint density at radius 3 is 2.43 bits per heavy atom. The molecule has 0 spiro atoms. The molecular formula is C17H13N3S. The molecule has 102 valence electrons. The van der Waals surface area contributed by atoms with Gasteiger partial charge in [-0.05, 0) is 17.7 Å². The van der Waals surface area contributed by atoms with E-state index in [1.807, 2.05) is 30.3 Å². The molecule has 0 saturated carbocycles. The van der Waals surface area contributed by atoms with Gasteiger partial charge in [0.2, 0.25) is 0 Å². The summed E-state index contributed by atoms with van der Waals surface area (Å²) in [6.45, 7) is 0. The number of fused-ring (bicyclic) bond motifs is 1. The van der Waals surface area contributed by atoms with Crippen molar-refractivity contribution in [3.05, 3.63) is 66.2 Å². The van der Waals surface area contributed by atoms with Gasteiger partial charge in [0, 0.05) is 22.8 Å². The molecule has 0 saturated heterocycles. The lowest BCUT2D eigenvalue weighted by molar-refractivity contribution is 1.24. The highest BCUT2D eigenvalue weighted by Crippen LogP contribution is 2.29. The molecule has 4 heteroatoms. The molecule has 0 bridgehead atoms. The van der Waals surface area contributed by atoms with Crippen molar-refractivity contribution in [3.8, 4) is 22.5 Å². The summed E-state index contributed by atoms with van der Waals surface area (Å²) in [4.78, 5) is 5.70. The molecule has 0 aliphatic heterocycles. The van der Waals surface area contributed by atoms with Crippen LogP contribution in [0.1, 0.15) is 0 Å². The summed E-state index contributed by atoms with van der Waals surface area (Å²) >= 11 is 1.65. The maximum atomic E-state index is 5.74. The van der Waals surface area contributed by atoms with E-state index in [0.29, 0.717) is 0 Å². The van der Waals surface area contributed by atoms with Gasteiger partial charge >= 0.3 is 0 Å². The SMILES string of the molecule is Nc1ccc(-c2cn3c(-c4ccccc4)csc3n2)cc1. The van der Waals surface area contributed by atoms with Crippen LogP contribution < -0.4 is 5.73 Å². The number of hydrogen-bond acceptors (Lipinski definition) is 3. The summed E-state index contributed by atoms with van der Waals surface area (Å²) in [5.41, 5.74) is 10.9. The van der Waals surface area contributed by atoms with E-state index in [0.717, 1.165) is 21.9 Å². The largest absolute Gasteiger partial charge is 0.399 e. The lowest BCUT2D eigenvalue weighted by Crippen LogP contribution is -1.84. The van der Waals surface area contributed by atoms with E-state index in [2.05, 4.69) is 40.2 Å². The first-order valence-corrected chi connectivity index (χ1v) is 7.57. The second-order valence-corrected chi connectivity index (χ2v) is 5.72. The van der Waals surface area contributed by atoms with Crippen molar-refractivity contribution in [2.24, 2.45) is 0 Å². The Kier molecular flexibility index (Phi) is 2.75. The van der Waals surface area contributed by atoms with E-state index >= 15 is 0 Å². The van der Waals surface area contributed by atoms with Crippen molar-refractivity contribution in [3.63, 3.8) is 0 Å². The topological polar surface area (TPSA) is 43.3 Å². The predicted octanol–water partition coefficient (Wildman–Crippen LogP) is 4.31. The number of aromatic nitrogens is 2. The zero-order chi connectivity index (χ0) is 14.2. The second kappa shape index (κ2) is 4.75. The maximum Gasteiger partial charge on any atom is 0.194 e. The van der Waals surface area contributed by atoms with Gasteiger partial charge in [0.15, 0.2) is 4.96 Å². The lowest BCUT2D eigenvalue weighted by Gasteiger charge is -1.99. The zero-order valence-corrected chi connectivity index (χ0v) is 12.0. The highest BCUT2D eigenvalue weighted by molar-refractivity contribution is 7.15. The highest BCUT2D eigenvalue weighted by atomic mass is 32.1. The number of nitrogen functional groups attached to an aromatic ring is 1. The molecule has 0 radical (unpaired) electrons. The molecule has 0 aliphatic carbocycles. The van der Waals surface area contributed by atoms with Crippen LogP contribution in [0.2, 0.25) is 0 Å². The van der Waals surface area contributed by atoms with Crippen LogP contribution in [0.4, 0.5) is 5.69 Å². The van der Waals surface area contributed by atoms with Gasteiger partial charge in [0.25, 0.3) is 0 Å². The lowest BCUT2D eigenvalue weighted by atomic mass is 10.1. The zero-order valence-electron chi connectivity index (χ0n) is 11.2. The van der Waals surface area contributed by atoms with Crippen molar-refractivity contribution >= 4 is 22.0 Å². The summed E-state index contributed by atoms with van der Waals surface area (Å²) < 4.78 is 2.14. The molecule has 2 N–H and O–H groups in total. The van der Waals surface area contributed by atoms with Crippen molar-refractivity contribution in [1.29, 1.82) is 0 Å². The number of thiazole rings is 1. The minimum atomic E-state index is 0.768. The van der Waals surface area contributed by atoms with Gasteiger partial charge in [0.1, 0.15) is 0 Å². The Morgan fingerprint density at radius 1 is 0.905 bits per heavy atom. The summed E-state index contributed by atoms with van der Waals surface area (Å²) in [6, 6.07) is 18.2. The van der Waals surface area contributed by atoms with Crippen LogP contribution in [0.15, 0.2) is 66.2 Å². The maximum absolute atomic E-state index is 5.74. The molecule has 0 amide bonds. The molecule has 0 aliphatic rings. The molecule has 21 heavy (non-hydrogen) atoms. The van der Waals surface area contributed by atoms with Crippen LogP contribution in [0.3, 0.4) is 0 Å². The number of anilines is 1. The monoisotopic (exact) mass is 291 g/mol. The number of nitrogens with zero attached hydrogens (tertiary/aromatic N) is 2. The Bertz CT molecular complexity index is 889. The van der Waals surface area contributed by atoms with E-state index in [4.69, 9.17) is 10.7 Å². The van der Waals surface area contributed by atoms with E-state index in [9.17, 15) is 0 Å². The van der Waals surface area contributed by atoms with Crippen LogP contribution in [-0.2, 0) is 0 Å². The quantitative estimate of drug-likeness (QED) is 0.559. The first-order valence-electron chi connectivity index (χ1n) is 6.69. The van der Waals surface area contributed by atoms with E-state index in [-0.39, 0.29) is 0 Å². The molecule has 0 unspecified atom stereocenters. The van der Waals surface area contributed by atoms with E-state index in [1.54, 1.807) is 11.3 Å². The van der Waals surface area contributed by atoms with Gasteiger partial charge in [-0.15, -0.1) is 11.3 Å². The third-order valence-corrected chi connectivity index (χ3v) is 4.32. The Balaban J connectivity index is 1.84. The van der Waals surface area contributed by atoms with Crippen molar-refractivity contribution < 1.29 is 0 Å². The molecule has 2 aromatic heterocycles. The minimum absolute atomic E-state index is 0.768. The average Bonchev–Trinajstić information content (AvgIpc) is 3.09. The van der Waals surface area contributed by atoms with Crippen molar-refractivity contribution in [2.45, 2.75) is 0 Å². The average molecular weight is 291 g/mol. The van der Waals surface area contributed by atoms with Crippen LogP contribution >= 0.6 is 11.3 Å². The van der Waals surface area contributed by atoms with Crippen molar-refractivity contribution in [2.75, 3.05) is 5.73 Å². The predicted molar refractivity (Wildman–Crippen MR) is 88.4 cm³/mol. The van der Waals surface area contributed by atoms with Crippen LogP contribution in [0.5, 0.6) is 0 Å². The second-order valence-electron chi connectivity index (χ2n) is 4.89. The normalized spacial score (nSPS) is 11.0. The Labute approximate surface area is 126 Å². The summed E-state index contributed by atoms with van der Waals surface area (Å²) in [5.74, 6) is 0. The molecule has 2 aromatic carbocycles. The van der Waals surface area contributed by atoms with Gasteiger partial charge in [-0.1, -0.05) is 42.5 Å². The number of hydrogen-bond donors (Lipinski definition) is 1. The van der Waals surface area contributed by atoms with Gasteiger partial charge in [0.05, 0.1) is 11.4 Å². The molecule has 0 atom stereocenters. The molecule has 4 rings (SSSR count). The Hall–Kier alpha value is -2.59. The summed E-state index contributed by atoms with van der Waals surface area (Å²) in [5, 5.41) is 2.14. The third-order valence-electron chi connectivity index (χ3n) is 3.49. The van der Waals surface area contributed by atoms with E-state index < -0.39 is 0 Å². The van der Waals surface area contributed by atoms with Gasteiger partial charge in [-0.25, -0.2) is 4.98 Å². The van der Waals surface area contributed by atoms with Crippen LogP contribution in [0, 0.1) is 0 Å². The molecular weight excluding hydrogens is 278 g/mol. The number of rotatable bonds is 2. The molecule has 3 nitrogen and oxygen atoms in total. The minimum Gasteiger partial charge on any atom is -0.399 e. The first kappa shape index (κ1) is 12.2. The van der Waals surface area contributed by atoms with E-state index in [1.165, 1.54) is 11.3 Å². The fourth-order valence-electron chi connectivity index (χ4n) is 2.39. The van der Waals surface area contributed by atoms with Gasteiger partial charge in [-0.3, -0.25) is 4.40 Å². The summed E-state index contributed by atoms with van der Waals surface area (Å²) in [6.07, 6.45) is 2.08. The smallest absolute Gasteiger partial charge is 0.194 e. The molecule has 2 heterocycles. The summed E-state index contributed by atoms with van der Waals surface area (Å²) in [7, 11) is 0. The van der Waals surface area contributed by atoms with Crippen LogP contribution in [-0.4, -0.2) is 9.38 Å². The van der Waals surface area contributed by atoms with Crippen molar-refractivity contribution in [1.82, 2.24) is 9.38 Å². The molecule has 4 aromatic rings. The Morgan fingerprint density at radius 2 is 1.67 bits per heavy atom. The highest BCUT2D eigenvalue weighted by Gasteiger charge is 2.10. The number of imidazole rings is 1. The van der Waals surface area contributed by atoms with Crippen LogP contribution in [0.25, 0.3) is 27.5 Å². The standard InChI is InChI=1S/C17H13N3S/c18-14-8-6-12(7-9-14)15-10-20-16(11-21-17(20)19-15)13-4-2-1-3-5-13/h1-11H,18H2. The number of nitrogens with two attached hydrogens (primary N) is 1. The fourth-order valence-corrected chi connectivity index (χ4v) is 3.28. The van der Waals surface area contributed by atoms with Gasteiger partial charge < -0.3 is 5.73 Å².